The summed E-state index contributed by atoms with van der Waals surface area (Å²) < 4.78 is 1.98. The molecule has 0 unspecified atom stereocenters. The van der Waals surface area contributed by atoms with Gasteiger partial charge in [-0.15, -0.1) is 5.10 Å². The lowest BCUT2D eigenvalue weighted by Crippen LogP contribution is -2.20. The third kappa shape index (κ3) is 2.30. The molecule has 4 nitrogen and oxygen atoms in total. The number of anilines is 1. The van der Waals surface area contributed by atoms with Gasteiger partial charge in [0.15, 0.2) is 5.82 Å². The summed E-state index contributed by atoms with van der Waals surface area (Å²) in [6.45, 7) is 7.41. The van der Waals surface area contributed by atoms with Gasteiger partial charge < -0.3 is 5.73 Å². The van der Waals surface area contributed by atoms with Crippen LogP contribution in [0.1, 0.15) is 45.7 Å². The highest BCUT2D eigenvalue weighted by atomic mass is 15.4. The van der Waals surface area contributed by atoms with Crippen molar-refractivity contribution in [2.24, 2.45) is 5.92 Å². The lowest BCUT2D eigenvalue weighted by molar-refractivity contribution is 0.458. The molecule has 1 aliphatic carbocycles. The number of rotatable bonds is 3. The van der Waals surface area contributed by atoms with Crippen molar-refractivity contribution in [3.63, 3.8) is 0 Å². The first-order chi connectivity index (χ1) is 6.98. The molecule has 0 aromatic carbocycles. The molecule has 2 rings (SSSR count). The zero-order valence-corrected chi connectivity index (χ0v) is 9.82. The second-order valence-electron chi connectivity index (χ2n) is 5.53. The van der Waals surface area contributed by atoms with E-state index in [1.54, 1.807) is 0 Å². The van der Waals surface area contributed by atoms with Gasteiger partial charge >= 0.3 is 0 Å². The summed E-state index contributed by atoms with van der Waals surface area (Å²) in [6.07, 6.45) is 3.98. The fourth-order valence-corrected chi connectivity index (χ4v) is 1.97. The maximum Gasteiger partial charge on any atom is 0.169 e. The van der Waals surface area contributed by atoms with E-state index in [0.29, 0.717) is 5.82 Å². The Kier molecular flexibility index (Phi) is 2.44. The highest BCUT2D eigenvalue weighted by molar-refractivity contribution is 5.37. The zero-order valence-electron chi connectivity index (χ0n) is 9.82. The fraction of sp³-hybridized carbons (Fsp3) is 0.818. The second-order valence-corrected chi connectivity index (χ2v) is 5.53. The van der Waals surface area contributed by atoms with E-state index >= 15 is 0 Å². The predicted octanol–water partition coefficient (Wildman–Crippen LogP) is 1.96. The van der Waals surface area contributed by atoms with Crippen molar-refractivity contribution in [3.05, 3.63) is 5.69 Å². The fourth-order valence-electron chi connectivity index (χ4n) is 1.97. The molecule has 0 amide bonds. The lowest BCUT2D eigenvalue weighted by Gasteiger charge is -2.20. The van der Waals surface area contributed by atoms with Gasteiger partial charge in [-0.2, -0.15) is 0 Å². The molecule has 0 spiro atoms. The summed E-state index contributed by atoms with van der Waals surface area (Å²) in [5.41, 5.74) is 6.95. The van der Waals surface area contributed by atoms with Crippen LogP contribution in [0, 0.1) is 5.92 Å². The summed E-state index contributed by atoms with van der Waals surface area (Å²) in [6, 6.07) is 0. The van der Waals surface area contributed by atoms with Crippen LogP contribution in [-0.4, -0.2) is 15.0 Å². The van der Waals surface area contributed by atoms with Crippen LogP contribution in [0.4, 0.5) is 5.82 Å². The minimum absolute atomic E-state index is 0.0249. The molecule has 15 heavy (non-hydrogen) atoms. The Morgan fingerprint density at radius 1 is 1.40 bits per heavy atom. The standard InChI is InChI=1S/C11H20N4/c1-11(2,3)9-10(12)13-14-15(9)7-6-8-4-5-8/h8H,4-7,12H2,1-3H3. The quantitative estimate of drug-likeness (QED) is 0.826. The molecule has 1 aromatic rings. The van der Waals surface area contributed by atoms with Gasteiger partial charge in [-0.05, 0) is 12.3 Å². The number of nitrogen functional groups attached to an aromatic ring is 1. The molecular formula is C11H20N4. The summed E-state index contributed by atoms with van der Waals surface area (Å²) in [5.74, 6) is 1.50. The highest BCUT2D eigenvalue weighted by Gasteiger charge is 2.26. The van der Waals surface area contributed by atoms with Gasteiger partial charge in [-0.1, -0.05) is 38.8 Å². The molecule has 0 radical (unpaired) electrons. The van der Waals surface area contributed by atoms with E-state index in [9.17, 15) is 0 Å². The monoisotopic (exact) mass is 208 g/mol. The Bertz CT molecular complexity index is 344. The zero-order chi connectivity index (χ0) is 11.1. The van der Waals surface area contributed by atoms with E-state index < -0.39 is 0 Å². The van der Waals surface area contributed by atoms with Crippen molar-refractivity contribution in [1.82, 2.24) is 15.0 Å². The molecule has 4 heteroatoms. The van der Waals surface area contributed by atoms with Crippen molar-refractivity contribution in [1.29, 1.82) is 0 Å². The molecule has 0 saturated heterocycles. The van der Waals surface area contributed by atoms with Crippen LogP contribution in [-0.2, 0) is 12.0 Å². The van der Waals surface area contributed by atoms with Crippen LogP contribution in [0.25, 0.3) is 0 Å². The van der Waals surface area contributed by atoms with Crippen LogP contribution in [0.15, 0.2) is 0 Å². The normalized spacial score (nSPS) is 17.0. The molecule has 1 aliphatic rings. The number of aromatic nitrogens is 3. The van der Waals surface area contributed by atoms with Gasteiger partial charge in [-0.3, -0.25) is 0 Å². The minimum Gasteiger partial charge on any atom is -0.381 e. The Morgan fingerprint density at radius 3 is 2.60 bits per heavy atom. The topological polar surface area (TPSA) is 56.7 Å². The Labute approximate surface area is 90.8 Å². The van der Waals surface area contributed by atoms with E-state index in [2.05, 4.69) is 31.1 Å². The van der Waals surface area contributed by atoms with Gasteiger partial charge in [0.25, 0.3) is 0 Å². The van der Waals surface area contributed by atoms with E-state index in [1.807, 2.05) is 4.68 Å². The number of nitrogens with zero attached hydrogens (tertiary/aromatic N) is 3. The van der Waals surface area contributed by atoms with E-state index in [1.165, 1.54) is 19.3 Å². The molecule has 0 atom stereocenters. The number of hydrogen-bond acceptors (Lipinski definition) is 3. The molecule has 1 fully saturated rings. The van der Waals surface area contributed by atoms with Gasteiger partial charge in [-0.25, -0.2) is 4.68 Å². The van der Waals surface area contributed by atoms with Gasteiger partial charge in [0.2, 0.25) is 0 Å². The smallest absolute Gasteiger partial charge is 0.169 e. The second kappa shape index (κ2) is 3.51. The lowest BCUT2D eigenvalue weighted by atomic mass is 9.92. The first-order valence-corrected chi connectivity index (χ1v) is 5.68. The Hall–Kier alpha value is -1.06. The summed E-state index contributed by atoms with van der Waals surface area (Å²) >= 11 is 0. The largest absolute Gasteiger partial charge is 0.381 e. The maximum absolute atomic E-state index is 5.86. The van der Waals surface area contributed by atoms with Crippen molar-refractivity contribution in [3.8, 4) is 0 Å². The first kappa shape index (κ1) is 10.5. The van der Waals surface area contributed by atoms with E-state index in [-0.39, 0.29) is 5.41 Å². The highest BCUT2D eigenvalue weighted by Crippen LogP contribution is 2.33. The van der Waals surface area contributed by atoms with Crippen LogP contribution < -0.4 is 5.73 Å². The first-order valence-electron chi connectivity index (χ1n) is 5.68. The van der Waals surface area contributed by atoms with Crippen LogP contribution in [0.2, 0.25) is 0 Å². The third-order valence-electron chi connectivity index (χ3n) is 2.92. The molecule has 1 aromatic heterocycles. The molecule has 84 valence electrons. The van der Waals surface area contributed by atoms with Crippen LogP contribution in [0.5, 0.6) is 0 Å². The van der Waals surface area contributed by atoms with Crippen LogP contribution in [0.3, 0.4) is 0 Å². The molecular weight excluding hydrogens is 188 g/mol. The Morgan fingerprint density at radius 2 is 2.07 bits per heavy atom. The molecule has 0 bridgehead atoms. The van der Waals surface area contributed by atoms with Crippen molar-refractivity contribution < 1.29 is 0 Å². The van der Waals surface area contributed by atoms with E-state index in [0.717, 1.165) is 18.2 Å². The average Bonchev–Trinajstić information content (AvgIpc) is 2.85. The predicted molar refractivity (Wildman–Crippen MR) is 60.5 cm³/mol. The summed E-state index contributed by atoms with van der Waals surface area (Å²) in [5, 5.41) is 8.10. The van der Waals surface area contributed by atoms with Gasteiger partial charge in [0.1, 0.15) is 0 Å². The van der Waals surface area contributed by atoms with Crippen molar-refractivity contribution in [2.75, 3.05) is 5.73 Å². The van der Waals surface area contributed by atoms with Gasteiger partial charge in [0.05, 0.1) is 5.69 Å². The number of aryl methyl sites for hydroxylation is 1. The molecule has 1 saturated carbocycles. The average molecular weight is 208 g/mol. The summed E-state index contributed by atoms with van der Waals surface area (Å²) in [7, 11) is 0. The van der Waals surface area contributed by atoms with E-state index in [4.69, 9.17) is 5.73 Å². The SMILES string of the molecule is CC(C)(C)c1c(N)nnn1CCC1CC1. The minimum atomic E-state index is 0.0249. The maximum atomic E-state index is 5.86. The number of hydrogen-bond donors (Lipinski definition) is 1. The third-order valence-corrected chi connectivity index (χ3v) is 2.92. The molecule has 0 aliphatic heterocycles. The van der Waals surface area contributed by atoms with Crippen LogP contribution >= 0.6 is 0 Å². The Balaban J connectivity index is 2.14. The van der Waals surface area contributed by atoms with Gasteiger partial charge in [0, 0.05) is 12.0 Å². The number of nitrogens with two attached hydrogens (primary N) is 1. The molecule has 2 N–H and O–H groups in total. The molecule has 1 heterocycles. The summed E-state index contributed by atoms with van der Waals surface area (Å²) in [4.78, 5) is 0. The van der Waals surface area contributed by atoms with Crippen molar-refractivity contribution >= 4 is 5.82 Å². The van der Waals surface area contributed by atoms with Crippen molar-refractivity contribution in [2.45, 2.75) is 52.0 Å².